The lowest BCUT2D eigenvalue weighted by Gasteiger charge is -2.03. The van der Waals surface area contributed by atoms with E-state index in [0.29, 0.717) is 6.61 Å². The molecule has 0 spiro atoms. The summed E-state index contributed by atoms with van der Waals surface area (Å²) in [5.74, 6) is -0.513. The van der Waals surface area contributed by atoms with E-state index >= 15 is 0 Å². The van der Waals surface area contributed by atoms with Gasteiger partial charge in [0.2, 0.25) is 0 Å². The smallest absolute Gasteiger partial charge is 0.348 e. The van der Waals surface area contributed by atoms with Crippen LogP contribution in [0.1, 0.15) is 19.8 Å². The van der Waals surface area contributed by atoms with Crippen LogP contribution in [0.5, 0.6) is 0 Å². The van der Waals surface area contributed by atoms with E-state index in [0.717, 1.165) is 18.4 Å². The molecule has 2 aliphatic rings. The van der Waals surface area contributed by atoms with Crippen molar-refractivity contribution in [3.8, 4) is 6.07 Å². The Labute approximate surface area is 82.1 Å². The molecule has 0 aromatic heterocycles. The number of hydrogen-bond acceptors (Lipinski definition) is 4. The van der Waals surface area contributed by atoms with Gasteiger partial charge in [-0.3, -0.25) is 0 Å². The molecule has 0 aromatic rings. The van der Waals surface area contributed by atoms with E-state index in [1.54, 1.807) is 6.92 Å². The van der Waals surface area contributed by atoms with Crippen LogP contribution in [0.3, 0.4) is 0 Å². The number of nitriles is 1. The maximum absolute atomic E-state index is 11.4. The fourth-order valence-corrected chi connectivity index (χ4v) is 1.83. The first-order valence-corrected chi connectivity index (χ1v) is 4.73. The molecule has 0 N–H and O–H groups in total. The number of carbonyl (C=O) groups excluding carboxylic acids is 1. The van der Waals surface area contributed by atoms with Crippen LogP contribution in [0.2, 0.25) is 0 Å². The van der Waals surface area contributed by atoms with E-state index in [9.17, 15) is 4.79 Å². The summed E-state index contributed by atoms with van der Waals surface area (Å²) in [6.45, 7) is 2.02. The molecule has 4 nitrogen and oxygen atoms in total. The number of carbonyl (C=O) groups is 1. The standard InChI is InChI=1S/C10H11NO3/c1-2-13-10(12)7(5-11)6-3-4-8-9(6)14-8/h8-9H,2-4H2,1H3/b7-6-. The highest BCUT2D eigenvalue weighted by Crippen LogP contribution is 2.43. The molecule has 4 heteroatoms. The highest BCUT2D eigenvalue weighted by Gasteiger charge is 2.48. The third-order valence-corrected chi connectivity index (χ3v) is 2.54. The lowest BCUT2D eigenvalue weighted by Crippen LogP contribution is -2.10. The first-order chi connectivity index (χ1) is 6.77. The van der Waals surface area contributed by atoms with E-state index < -0.39 is 5.97 Å². The molecule has 1 saturated heterocycles. The second kappa shape index (κ2) is 3.43. The van der Waals surface area contributed by atoms with Crippen LogP contribution in [0.4, 0.5) is 0 Å². The van der Waals surface area contributed by atoms with Gasteiger partial charge in [-0.15, -0.1) is 0 Å². The molecule has 0 radical (unpaired) electrons. The van der Waals surface area contributed by atoms with Gasteiger partial charge in [0.05, 0.1) is 12.7 Å². The van der Waals surface area contributed by atoms with Crippen LogP contribution in [-0.4, -0.2) is 24.8 Å². The van der Waals surface area contributed by atoms with Crippen LogP contribution in [0.25, 0.3) is 0 Å². The van der Waals surface area contributed by atoms with Gasteiger partial charge in [-0.1, -0.05) is 0 Å². The lowest BCUT2D eigenvalue weighted by atomic mass is 10.1. The predicted molar refractivity (Wildman–Crippen MR) is 47.2 cm³/mol. The Morgan fingerprint density at radius 3 is 3.00 bits per heavy atom. The van der Waals surface area contributed by atoms with Crippen molar-refractivity contribution in [2.24, 2.45) is 0 Å². The van der Waals surface area contributed by atoms with Crippen LogP contribution in [0.15, 0.2) is 11.1 Å². The van der Waals surface area contributed by atoms with Crippen molar-refractivity contribution in [2.45, 2.75) is 32.0 Å². The Bertz CT molecular complexity index is 340. The molecule has 2 unspecified atom stereocenters. The molecule has 2 atom stereocenters. The average molecular weight is 193 g/mol. The van der Waals surface area contributed by atoms with E-state index in [1.807, 2.05) is 6.07 Å². The largest absolute Gasteiger partial charge is 0.462 e. The van der Waals surface area contributed by atoms with Crippen molar-refractivity contribution in [1.29, 1.82) is 5.26 Å². The third kappa shape index (κ3) is 1.40. The predicted octanol–water partition coefficient (Wildman–Crippen LogP) is 0.931. The summed E-state index contributed by atoms with van der Waals surface area (Å²) in [5, 5.41) is 8.86. The maximum atomic E-state index is 11.4. The van der Waals surface area contributed by atoms with Gasteiger partial charge in [0.1, 0.15) is 17.7 Å². The molecule has 2 rings (SSSR count). The number of hydrogen-bond donors (Lipinski definition) is 0. The van der Waals surface area contributed by atoms with Crippen LogP contribution in [-0.2, 0) is 14.3 Å². The van der Waals surface area contributed by atoms with Gasteiger partial charge in [0.15, 0.2) is 0 Å². The van der Waals surface area contributed by atoms with Gasteiger partial charge in [-0.25, -0.2) is 4.79 Å². The summed E-state index contributed by atoms with van der Waals surface area (Å²) < 4.78 is 10.1. The quantitative estimate of drug-likeness (QED) is 0.283. The molecule has 14 heavy (non-hydrogen) atoms. The minimum Gasteiger partial charge on any atom is -0.462 e. The summed E-state index contributed by atoms with van der Waals surface area (Å²) in [6.07, 6.45) is 1.98. The molecular weight excluding hydrogens is 182 g/mol. The second-order valence-corrected chi connectivity index (χ2v) is 3.37. The van der Waals surface area contributed by atoms with Gasteiger partial charge < -0.3 is 9.47 Å². The third-order valence-electron chi connectivity index (χ3n) is 2.54. The van der Waals surface area contributed by atoms with E-state index in [1.165, 1.54) is 0 Å². The zero-order valence-electron chi connectivity index (χ0n) is 7.95. The Morgan fingerprint density at radius 2 is 2.57 bits per heavy atom. The first-order valence-electron chi connectivity index (χ1n) is 4.73. The van der Waals surface area contributed by atoms with Crippen molar-refractivity contribution in [3.63, 3.8) is 0 Å². The molecule has 1 aliphatic carbocycles. The van der Waals surface area contributed by atoms with Crippen LogP contribution < -0.4 is 0 Å². The number of epoxide rings is 1. The van der Waals surface area contributed by atoms with Gasteiger partial charge in [-0.2, -0.15) is 5.26 Å². The molecule has 1 heterocycles. The number of nitrogens with zero attached hydrogens (tertiary/aromatic N) is 1. The van der Waals surface area contributed by atoms with Crippen molar-refractivity contribution in [2.75, 3.05) is 6.61 Å². The van der Waals surface area contributed by atoms with E-state index in [-0.39, 0.29) is 17.8 Å². The number of fused-ring (bicyclic) bond motifs is 1. The van der Waals surface area contributed by atoms with E-state index in [2.05, 4.69) is 0 Å². The maximum Gasteiger partial charge on any atom is 0.348 e. The van der Waals surface area contributed by atoms with Gasteiger partial charge >= 0.3 is 5.97 Å². The first kappa shape index (κ1) is 9.22. The monoisotopic (exact) mass is 193 g/mol. The summed E-state index contributed by atoms with van der Waals surface area (Å²) in [6, 6.07) is 1.91. The topological polar surface area (TPSA) is 62.6 Å². The molecule has 1 saturated carbocycles. The highest BCUT2D eigenvalue weighted by molar-refractivity contribution is 5.94. The fraction of sp³-hybridized carbons (Fsp3) is 0.600. The van der Waals surface area contributed by atoms with Crippen molar-refractivity contribution in [3.05, 3.63) is 11.1 Å². The molecule has 0 bridgehead atoms. The number of esters is 1. The highest BCUT2D eigenvalue weighted by atomic mass is 16.6. The minimum atomic E-state index is -0.513. The minimum absolute atomic E-state index is 0.0223. The molecular formula is C10H11NO3. The summed E-state index contributed by atoms with van der Waals surface area (Å²) >= 11 is 0. The van der Waals surface area contributed by atoms with Gasteiger partial charge in [0, 0.05) is 0 Å². The molecule has 1 aliphatic heterocycles. The van der Waals surface area contributed by atoms with Gasteiger partial charge in [-0.05, 0) is 25.3 Å². The average Bonchev–Trinajstić information content (AvgIpc) is 2.84. The normalized spacial score (nSPS) is 31.7. The van der Waals surface area contributed by atoms with Gasteiger partial charge in [0.25, 0.3) is 0 Å². The Hall–Kier alpha value is -1.34. The Balaban J connectivity index is 2.20. The summed E-state index contributed by atoms with van der Waals surface area (Å²) in [4.78, 5) is 11.4. The SMILES string of the molecule is CCOC(=O)/C(C#N)=C1/CCC2OC12. The van der Waals surface area contributed by atoms with Crippen LogP contribution >= 0.6 is 0 Å². The van der Waals surface area contributed by atoms with Crippen molar-refractivity contribution >= 4 is 5.97 Å². The molecule has 0 amide bonds. The van der Waals surface area contributed by atoms with Crippen LogP contribution in [0, 0.1) is 11.3 Å². The molecule has 74 valence electrons. The summed E-state index contributed by atoms with van der Waals surface area (Å²) in [7, 11) is 0. The number of ether oxygens (including phenoxy) is 2. The van der Waals surface area contributed by atoms with Crippen molar-refractivity contribution < 1.29 is 14.3 Å². The van der Waals surface area contributed by atoms with E-state index in [4.69, 9.17) is 14.7 Å². The zero-order valence-corrected chi connectivity index (χ0v) is 7.95. The number of rotatable bonds is 2. The van der Waals surface area contributed by atoms with Crippen molar-refractivity contribution in [1.82, 2.24) is 0 Å². The molecule has 2 fully saturated rings. The Kier molecular flexibility index (Phi) is 2.26. The fourth-order valence-electron chi connectivity index (χ4n) is 1.83. The zero-order chi connectivity index (χ0) is 10.1. The summed E-state index contributed by atoms with van der Waals surface area (Å²) in [5.41, 5.74) is 0.979. The lowest BCUT2D eigenvalue weighted by molar-refractivity contribution is -0.138. The Morgan fingerprint density at radius 1 is 1.79 bits per heavy atom. The second-order valence-electron chi connectivity index (χ2n) is 3.37. The molecule has 0 aromatic carbocycles.